The Hall–Kier alpha value is -3.02. The van der Waals surface area contributed by atoms with Crippen LogP contribution >= 0.6 is 0 Å². The molecule has 2 aromatic rings. The number of morpholine rings is 1. The Balaban J connectivity index is 1.58. The molecule has 11 heteroatoms. The van der Waals surface area contributed by atoms with Crippen molar-refractivity contribution in [1.29, 1.82) is 0 Å². The van der Waals surface area contributed by atoms with E-state index < -0.39 is 22.0 Å². The molecular formula is C20H25N5O5S. The first-order valence-corrected chi connectivity index (χ1v) is 11.2. The highest BCUT2D eigenvalue weighted by molar-refractivity contribution is 7.89. The summed E-state index contributed by atoms with van der Waals surface area (Å²) in [5, 5.41) is 5.22. The van der Waals surface area contributed by atoms with Crippen LogP contribution in [-0.2, 0) is 24.3 Å². The maximum Gasteiger partial charge on any atom is 0.242 e. The Bertz CT molecular complexity index is 1020. The summed E-state index contributed by atoms with van der Waals surface area (Å²) in [4.78, 5) is 29.9. The Morgan fingerprint density at radius 1 is 1.03 bits per heavy atom. The third kappa shape index (κ3) is 6.23. The van der Waals surface area contributed by atoms with Crippen molar-refractivity contribution >= 4 is 39.0 Å². The number of sulfonamides is 1. The van der Waals surface area contributed by atoms with E-state index in [-0.39, 0.29) is 10.8 Å². The van der Waals surface area contributed by atoms with Crippen molar-refractivity contribution in [3.63, 3.8) is 0 Å². The van der Waals surface area contributed by atoms with Gasteiger partial charge < -0.3 is 20.3 Å². The smallest absolute Gasteiger partial charge is 0.242 e. The molecule has 3 N–H and O–H groups in total. The molecule has 1 aromatic heterocycles. The number of benzene rings is 1. The van der Waals surface area contributed by atoms with Crippen LogP contribution in [0.15, 0.2) is 47.5 Å². The number of ether oxygens (including phenoxy) is 1. The van der Waals surface area contributed by atoms with E-state index in [1.165, 1.54) is 44.3 Å². The Morgan fingerprint density at radius 3 is 2.26 bits per heavy atom. The van der Waals surface area contributed by atoms with Gasteiger partial charge in [-0.05, 0) is 43.3 Å². The molecule has 3 rings (SSSR count). The fraction of sp³-hybridized carbons (Fsp3) is 0.350. The van der Waals surface area contributed by atoms with Crippen molar-refractivity contribution in [2.75, 3.05) is 41.8 Å². The molecule has 0 aliphatic carbocycles. The van der Waals surface area contributed by atoms with Gasteiger partial charge in [0.2, 0.25) is 21.8 Å². The molecular weight excluding hydrogens is 422 g/mol. The Labute approximate surface area is 181 Å². The molecule has 1 saturated heterocycles. The SMILES string of the molecule is CC(=O)Nc1ccc(S(=O)(=O)N[C@@H](C)C(=O)Nc2ccc(N3CCOCC3)nc2)cc1. The highest BCUT2D eigenvalue weighted by Gasteiger charge is 2.22. The van der Waals surface area contributed by atoms with E-state index >= 15 is 0 Å². The van der Waals surface area contributed by atoms with Crippen LogP contribution in [0.25, 0.3) is 0 Å². The van der Waals surface area contributed by atoms with Crippen LogP contribution in [0.4, 0.5) is 17.2 Å². The van der Waals surface area contributed by atoms with Crippen molar-refractivity contribution in [2.45, 2.75) is 24.8 Å². The average Bonchev–Trinajstić information content (AvgIpc) is 2.74. The van der Waals surface area contributed by atoms with Gasteiger partial charge >= 0.3 is 0 Å². The number of nitrogens with zero attached hydrogens (tertiary/aromatic N) is 2. The molecule has 2 heterocycles. The molecule has 1 fully saturated rings. The summed E-state index contributed by atoms with van der Waals surface area (Å²) in [7, 11) is -3.92. The van der Waals surface area contributed by atoms with Crippen molar-refractivity contribution in [1.82, 2.24) is 9.71 Å². The minimum absolute atomic E-state index is 0.0159. The van der Waals surface area contributed by atoms with Gasteiger partial charge in [-0.1, -0.05) is 0 Å². The average molecular weight is 448 g/mol. The van der Waals surface area contributed by atoms with Crippen molar-refractivity contribution in [3.8, 4) is 0 Å². The van der Waals surface area contributed by atoms with Gasteiger partial charge in [-0.3, -0.25) is 9.59 Å². The molecule has 0 radical (unpaired) electrons. The van der Waals surface area contributed by atoms with E-state index in [1.54, 1.807) is 12.1 Å². The quantitative estimate of drug-likeness (QED) is 0.581. The number of nitrogens with one attached hydrogen (secondary N) is 3. The van der Waals surface area contributed by atoms with Crippen molar-refractivity contribution in [3.05, 3.63) is 42.6 Å². The molecule has 1 atom stereocenters. The van der Waals surface area contributed by atoms with Gasteiger partial charge in [0.1, 0.15) is 5.82 Å². The summed E-state index contributed by atoms with van der Waals surface area (Å²) in [5.41, 5.74) is 0.943. The number of hydrogen-bond acceptors (Lipinski definition) is 7. The molecule has 10 nitrogen and oxygen atoms in total. The van der Waals surface area contributed by atoms with Crippen LogP contribution in [0.3, 0.4) is 0 Å². The Morgan fingerprint density at radius 2 is 1.68 bits per heavy atom. The van der Waals surface area contributed by atoms with E-state index in [2.05, 4.69) is 25.2 Å². The van der Waals surface area contributed by atoms with Gasteiger partial charge in [0.05, 0.1) is 36.0 Å². The molecule has 166 valence electrons. The van der Waals surface area contributed by atoms with E-state index in [4.69, 9.17) is 4.74 Å². The molecule has 1 aliphatic rings. The summed E-state index contributed by atoms with van der Waals surface area (Å²) in [6.07, 6.45) is 1.53. The lowest BCUT2D eigenvalue weighted by Crippen LogP contribution is -2.41. The van der Waals surface area contributed by atoms with Crippen LogP contribution in [0.2, 0.25) is 0 Å². The van der Waals surface area contributed by atoms with E-state index in [0.717, 1.165) is 18.9 Å². The highest BCUT2D eigenvalue weighted by atomic mass is 32.2. The second kappa shape index (κ2) is 9.86. The van der Waals surface area contributed by atoms with Gasteiger partial charge in [-0.15, -0.1) is 0 Å². The standard InChI is InChI=1S/C20H25N5O5S/c1-14(24-31(28,29)18-6-3-16(4-7-18)22-15(2)26)20(27)23-17-5-8-19(21-13-17)25-9-11-30-12-10-25/h3-8,13-14,24H,9-12H2,1-2H3,(H,22,26)(H,23,27)/t14-/m0/s1. The zero-order valence-electron chi connectivity index (χ0n) is 17.3. The fourth-order valence-electron chi connectivity index (χ4n) is 2.96. The van der Waals surface area contributed by atoms with Crippen molar-refractivity contribution in [2.24, 2.45) is 0 Å². The number of pyridine rings is 1. The van der Waals surface area contributed by atoms with E-state index in [9.17, 15) is 18.0 Å². The van der Waals surface area contributed by atoms with Crippen LogP contribution in [0, 0.1) is 0 Å². The first-order chi connectivity index (χ1) is 14.7. The maximum absolute atomic E-state index is 12.5. The molecule has 1 aliphatic heterocycles. The van der Waals surface area contributed by atoms with Crippen LogP contribution < -0.4 is 20.3 Å². The van der Waals surface area contributed by atoms with Gasteiger partial charge in [0, 0.05) is 25.7 Å². The summed E-state index contributed by atoms with van der Waals surface area (Å²) < 4.78 is 32.8. The van der Waals surface area contributed by atoms with Gasteiger partial charge in [0.15, 0.2) is 0 Å². The first kappa shape index (κ1) is 22.7. The molecule has 0 unspecified atom stereocenters. The summed E-state index contributed by atoms with van der Waals surface area (Å²) in [6, 6.07) is 8.16. The maximum atomic E-state index is 12.5. The lowest BCUT2D eigenvalue weighted by atomic mass is 10.3. The van der Waals surface area contributed by atoms with Crippen molar-refractivity contribution < 1.29 is 22.7 Å². The Kier molecular flexibility index (Phi) is 7.21. The zero-order chi connectivity index (χ0) is 22.4. The van der Waals surface area contributed by atoms with Crippen LogP contribution in [-0.4, -0.2) is 57.6 Å². The predicted octanol–water partition coefficient (Wildman–Crippen LogP) is 1.18. The topological polar surface area (TPSA) is 130 Å². The minimum atomic E-state index is -3.92. The van der Waals surface area contributed by atoms with Crippen LogP contribution in [0.1, 0.15) is 13.8 Å². The number of amides is 2. The third-order valence-corrected chi connectivity index (χ3v) is 6.12. The number of anilines is 3. The normalized spacial score (nSPS) is 15.2. The number of rotatable bonds is 7. The summed E-state index contributed by atoms with van der Waals surface area (Å²) in [5.74, 6) is 0.0172. The molecule has 1 aromatic carbocycles. The predicted molar refractivity (Wildman–Crippen MR) is 116 cm³/mol. The van der Waals surface area contributed by atoms with Gasteiger partial charge in [-0.25, -0.2) is 13.4 Å². The molecule has 0 bridgehead atoms. The number of carbonyl (C=O) groups excluding carboxylic acids is 2. The van der Waals surface area contributed by atoms with Gasteiger partial charge in [0.25, 0.3) is 0 Å². The highest BCUT2D eigenvalue weighted by Crippen LogP contribution is 2.17. The third-order valence-electron chi connectivity index (χ3n) is 4.56. The first-order valence-electron chi connectivity index (χ1n) is 9.74. The summed E-state index contributed by atoms with van der Waals surface area (Å²) in [6.45, 7) is 5.61. The van der Waals surface area contributed by atoms with Crippen LogP contribution in [0.5, 0.6) is 0 Å². The number of carbonyl (C=O) groups is 2. The zero-order valence-corrected chi connectivity index (χ0v) is 18.1. The largest absolute Gasteiger partial charge is 0.378 e. The van der Waals surface area contributed by atoms with E-state index in [0.29, 0.717) is 24.6 Å². The number of hydrogen-bond donors (Lipinski definition) is 3. The number of aromatic nitrogens is 1. The summed E-state index contributed by atoms with van der Waals surface area (Å²) >= 11 is 0. The second-order valence-corrected chi connectivity index (χ2v) is 8.76. The van der Waals surface area contributed by atoms with Gasteiger partial charge in [-0.2, -0.15) is 4.72 Å². The molecule has 2 amide bonds. The fourth-order valence-corrected chi connectivity index (χ4v) is 4.17. The molecule has 0 saturated carbocycles. The minimum Gasteiger partial charge on any atom is -0.378 e. The molecule has 31 heavy (non-hydrogen) atoms. The molecule has 0 spiro atoms. The monoisotopic (exact) mass is 447 g/mol. The lowest BCUT2D eigenvalue weighted by molar-refractivity contribution is -0.117. The van der Waals surface area contributed by atoms with E-state index in [1.807, 2.05) is 0 Å². The lowest BCUT2D eigenvalue weighted by Gasteiger charge is -2.27. The second-order valence-electron chi connectivity index (χ2n) is 7.04.